The summed E-state index contributed by atoms with van der Waals surface area (Å²) in [4.78, 5) is 16.9. The van der Waals surface area contributed by atoms with E-state index in [2.05, 4.69) is 28.9 Å². The second-order valence-electron chi connectivity index (χ2n) is 6.50. The number of amides is 1. The average molecular weight is 318 g/mol. The Morgan fingerprint density at radius 2 is 2.09 bits per heavy atom. The van der Waals surface area contributed by atoms with E-state index in [9.17, 15) is 9.90 Å². The summed E-state index contributed by atoms with van der Waals surface area (Å²) in [5.74, 6) is 0.220. The van der Waals surface area contributed by atoms with Crippen molar-refractivity contribution in [2.75, 3.05) is 26.7 Å². The fraction of sp³-hybridized carbons (Fsp3) is 0.632. The van der Waals surface area contributed by atoms with Crippen LogP contribution >= 0.6 is 0 Å². The molecule has 2 atom stereocenters. The van der Waals surface area contributed by atoms with Crippen LogP contribution < -0.4 is 0 Å². The van der Waals surface area contributed by atoms with E-state index >= 15 is 0 Å². The van der Waals surface area contributed by atoms with Crippen LogP contribution in [0, 0.1) is 0 Å². The smallest absolute Gasteiger partial charge is 0.237 e. The van der Waals surface area contributed by atoms with Crippen LogP contribution in [0.2, 0.25) is 0 Å². The van der Waals surface area contributed by atoms with Crippen LogP contribution in [0.15, 0.2) is 30.3 Å². The number of carbonyl (C=O) groups is 1. The van der Waals surface area contributed by atoms with E-state index in [4.69, 9.17) is 0 Å². The molecule has 1 aromatic rings. The Morgan fingerprint density at radius 1 is 1.35 bits per heavy atom. The van der Waals surface area contributed by atoms with Gasteiger partial charge in [0, 0.05) is 25.2 Å². The molecule has 1 aliphatic heterocycles. The minimum atomic E-state index is 0.0787. The summed E-state index contributed by atoms with van der Waals surface area (Å²) in [6.45, 7) is 3.59. The maximum absolute atomic E-state index is 12.7. The number of benzene rings is 1. The maximum atomic E-state index is 12.7. The topological polar surface area (TPSA) is 43.8 Å². The van der Waals surface area contributed by atoms with Gasteiger partial charge in [-0.1, -0.05) is 37.3 Å². The fourth-order valence-electron chi connectivity index (χ4n) is 3.61. The van der Waals surface area contributed by atoms with Gasteiger partial charge >= 0.3 is 0 Å². The summed E-state index contributed by atoms with van der Waals surface area (Å²) >= 11 is 0. The van der Waals surface area contributed by atoms with Gasteiger partial charge in [-0.25, -0.2) is 0 Å². The lowest BCUT2D eigenvalue weighted by atomic mass is 9.99. The van der Waals surface area contributed by atoms with Gasteiger partial charge in [-0.15, -0.1) is 0 Å². The first-order chi connectivity index (χ1) is 11.2. The molecule has 0 aliphatic carbocycles. The van der Waals surface area contributed by atoms with Crippen LogP contribution in [-0.2, 0) is 4.79 Å². The molecule has 0 radical (unpaired) electrons. The summed E-state index contributed by atoms with van der Waals surface area (Å²) in [5, 5.41) is 9.39. The summed E-state index contributed by atoms with van der Waals surface area (Å²) in [6, 6.07) is 10.6. The number of likely N-dealkylation sites (tertiary alicyclic amines) is 1. The Bertz CT molecular complexity index is 478. The van der Waals surface area contributed by atoms with E-state index in [1.54, 1.807) is 0 Å². The van der Waals surface area contributed by atoms with Gasteiger partial charge in [0.05, 0.1) is 6.54 Å². The molecule has 0 aromatic heterocycles. The number of aliphatic hydroxyl groups is 1. The molecule has 4 nitrogen and oxygen atoms in total. The highest BCUT2D eigenvalue weighted by Crippen LogP contribution is 2.24. The Labute approximate surface area is 140 Å². The Hall–Kier alpha value is -1.39. The Morgan fingerprint density at radius 3 is 2.74 bits per heavy atom. The first-order valence-electron chi connectivity index (χ1n) is 8.82. The number of nitrogens with zero attached hydrogens (tertiary/aromatic N) is 2. The Balaban J connectivity index is 2.02. The molecule has 128 valence electrons. The molecule has 2 rings (SSSR count). The predicted octanol–water partition coefficient (Wildman–Crippen LogP) is 2.83. The van der Waals surface area contributed by atoms with Gasteiger partial charge in [0.15, 0.2) is 0 Å². The van der Waals surface area contributed by atoms with Crippen molar-refractivity contribution in [3.05, 3.63) is 35.9 Å². The fourth-order valence-corrected chi connectivity index (χ4v) is 3.61. The van der Waals surface area contributed by atoms with Crippen molar-refractivity contribution in [2.24, 2.45) is 0 Å². The zero-order valence-corrected chi connectivity index (χ0v) is 14.4. The largest absolute Gasteiger partial charge is 0.396 e. The highest BCUT2D eigenvalue weighted by atomic mass is 16.3. The molecular weight excluding hydrogens is 288 g/mol. The van der Waals surface area contributed by atoms with Crippen LogP contribution in [-0.4, -0.2) is 53.6 Å². The third kappa shape index (κ3) is 4.79. The second kappa shape index (κ2) is 9.04. The Kier molecular flexibility index (Phi) is 7.06. The van der Waals surface area contributed by atoms with Crippen molar-refractivity contribution in [2.45, 2.75) is 51.1 Å². The predicted molar refractivity (Wildman–Crippen MR) is 93.2 cm³/mol. The van der Waals surface area contributed by atoms with Crippen molar-refractivity contribution in [3.63, 3.8) is 0 Å². The van der Waals surface area contributed by atoms with E-state index in [1.807, 2.05) is 25.2 Å². The van der Waals surface area contributed by atoms with Gasteiger partial charge in [-0.3, -0.25) is 9.69 Å². The molecule has 1 amide bonds. The minimum Gasteiger partial charge on any atom is -0.396 e. The highest BCUT2D eigenvalue weighted by molar-refractivity contribution is 5.78. The van der Waals surface area contributed by atoms with E-state index in [-0.39, 0.29) is 18.6 Å². The van der Waals surface area contributed by atoms with Crippen molar-refractivity contribution in [3.8, 4) is 0 Å². The number of rotatable bonds is 7. The SMILES string of the molecule is CCC1CCCCN1C(=O)CN(C)C(CCO)c1ccccc1. The molecule has 1 fully saturated rings. The molecule has 1 aromatic carbocycles. The van der Waals surface area contributed by atoms with Crippen molar-refractivity contribution >= 4 is 5.91 Å². The van der Waals surface area contributed by atoms with Gasteiger partial charge in [0.25, 0.3) is 0 Å². The number of aliphatic hydroxyl groups excluding tert-OH is 1. The lowest BCUT2D eigenvalue weighted by Crippen LogP contribution is -2.47. The van der Waals surface area contributed by atoms with E-state index < -0.39 is 0 Å². The molecule has 1 saturated heterocycles. The molecule has 4 heteroatoms. The monoisotopic (exact) mass is 318 g/mol. The van der Waals surface area contributed by atoms with Gasteiger partial charge in [-0.2, -0.15) is 0 Å². The minimum absolute atomic E-state index is 0.0787. The molecule has 0 spiro atoms. The number of likely N-dealkylation sites (N-methyl/N-ethyl adjacent to an activating group) is 1. The third-order valence-electron chi connectivity index (χ3n) is 4.92. The van der Waals surface area contributed by atoms with Crippen LogP contribution in [0.4, 0.5) is 0 Å². The molecule has 1 heterocycles. The molecule has 1 N–H and O–H groups in total. The van der Waals surface area contributed by atoms with Gasteiger partial charge in [-0.05, 0) is 44.7 Å². The summed E-state index contributed by atoms with van der Waals surface area (Å²) in [5.41, 5.74) is 1.16. The van der Waals surface area contributed by atoms with Gasteiger partial charge in [0.1, 0.15) is 0 Å². The van der Waals surface area contributed by atoms with Crippen LogP contribution in [0.3, 0.4) is 0 Å². The maximum Gasteiger partial charge on any atom is 0.237 e. The summed E-state index contributed by atoms with van der Waals surface area (Å²) in [6.07, 6.45) is 5.16. The highest BCUT2D eigenvalue weighted by Gasteiger charge is 2.27. The standard InChI is InChI=1S/C19H30N2O2/c1-3-17-11-7-8-13-21(17)19(23)15-20(2)18(12-14-22)16-9-5-4-6-10-16/h4-6,9-10,17-18,22H,3,7-8,11-15H2,1-2H3. The van der Waals surface area contributed by atoms with E-state index in [0.29, 0.717) is 19.0 Å². The van der Waals surface area contributed by atoms with Gasteiger partial charge < -0.3 is 10.0 Å². The van der Waals surface area contributed by atoms with Crippen LogP contribution in [0.1, 0.15) is 50.6 Å². The lowest BCUT2D eigenvalue weighted by molar-refractivity contribution is -0.136. The van der Waals surface area contributed by atoms with Crippen molar-refractivity contribution in [1.29, 1.82) is 0 Å². The van der Waals surface area contributed by atoms with Crippen molar-refractivity contribution < 1.29 is 9.90 Å². The average Bonchev–Trinajstić information content (AvgIpc) is 2.60. The van der Waals surface area contributed by atoms with Crippen LogP contribution in [0.5, 0.6) is 0 Å². The third-order valence-corrected chi connectivity index (χ3v) is 4.92. The van der Waals surface area contributed by atoms with Crippen LogP contribution in [0.25, 0.3) is 0 Å². The quantitative estimate of drug-likeness (QED) is 0.841. The number of hydrogen-bond acceptors (Lipinski definition) is 3. The van der Waals surface area contributed by atoms with E-state index in [0.717, 1.165) is 31.4 Å². The van der Waals surface area contributed by atoms with Gasteiger partial charge in [0.2, 0.25) is 5.91 Å². The zero-order chi connectivity index (χ0) is 16.7. The molecule has 2 unspecified atom stereocenters. The number of hydrogen-bond donors (Lipinski definition) is 1. The summed E-state index contributed by atoms with van der Waals surface area (Å²) < 4.78 is 0. The molecule has 0 bridgehead atoms. The molecule has 0 saturated carbocycles. The number of piperidine rings is 1. The first-order valence-corrected chi connectivity index (χ1v) is 8.82. The molecule has 1 aliphatic rings. The normalized spacial score (nSPS) is 19.8. The van der Waals surface area contributed by atoms with Crippen molar-refractivity contribution in [1.82, 2.24) is 9.80 Å². The summed E-state index contributed by atoms with van der Waals surface area (Å²) in [7, 11) is 1.98. The molecular formula is C19H30N2O2. The molecule has 23 heavy (non-hydrogen) atoms. The first kappa shape index (κ1) is 18.0. The lowest BCUT2D eigenvalue weighted by Gasteiger charge is -2.37. The zero-order valence-electron chi connectivity index (χ0n) is 14.4. The van der Waals surface area contributed by atoms with E-state index in [1.165, 1.54) is 6.42 Å². The second-order valence-corrected chi connectivity index (χ2v) is 6.50. The number of carbonyl (C=O) groups excluding carboxylic acids is 1.